The van der Waals surface area contributed by atoms with Gasteiger partial charge in [0.2, 0.25) is 0 Å². The topological polar surface area (TPSA) is 97.2 Å². The zero-order valence-corrected chi connectivity index (χ0v) is 11.4. The molecule has 1 unspecified atom stereocenters. The summed E-state index contributed by atoms with van der Waals surface area (Å²) in [4.78, 5) is 19.8. The molecule has 0 saturated carbocycles. The lowest BCUT2D eigenvalue weighted by Gasteiger charge is -2.14. The number of aliphatic carboxylic acids is 1. The molecule has 2 N–H and O–H groups in total. The average molecular weight is 282 g/mol. The van der Waals surface area contributed by atoms with Gasteiger partial charge in [0, 0.05) is 13.7 Å². The van der Waals surface area contributed by atoms with Crippen LogP contribution in [0.1, 0.15) is 12.1 Å². The molecule has 0 radical (unpaired) electrons. The molecular formula is C11H14N4O3S. The fraction of sp³-hybridized carbons (Fsp3) is 0.455. The fourth-order valence-corrected chi connectivity index (χ4v) is 2.44. The summed E-state index contributed by atoms with van der Waals surface area (Å²) in [5.41, 5.74) is 0.857. The number of aromatic nitrogens is 3. The molecule has 0 aromatic carbocycles. The summed E-state index contributed by atoms with van der Waals surface area (Å²) in [5.74, 6) is -0.237. The zero-order valence-electron chi connectivity index (χ0n) is 10.6. The van der Waals surface area contributed by atoms with Crippen molar-refractivity contribution in [2.75, 3.05) is 19.0 Å². The number of aryl methyl sites for hydroxylation is 1. The summed E-state index contributed by atoms with van der Waals surface area (Å²) in [5, 5.41) is 12.7. The van der Waals surface area contributed by atoms with Crippen LogP contribution in [0.2, 0.25) is 0 Å². The molecule has 0 aliphatic heterocycles. The highest BCUT2D eigenvalue weighted by Gasteiger charge is 2.14. The van der Waals surface area contributed by atoms with Gasteiger partial charge in [-0.1, -0.05) is 0 Å². The number of fused-ring (bicyclic) bond motifs is 1. The van der Waals surface area contributed by atoms with Crippen molar-refractivity contribution in [2.24, 2.45) is 0 Å². The molecule has 0 saturated heterocycles. The van der Waals surface area contributed by atoms with Crippen molar-refractivity contribution in [2.45, 2.75) is 19.4 Å². The quantitative estimate of drug-likeness (QED) is 0.824. The molecule has 2 rings (SSSR count). The molecule has 1 atom stereocenters. The third-order valence-corrected chi connectivity index (χ3v) is 3.52. The highest BCUT2D eigenvalue weighted by atomic mass is 32.1. The lowest BCUT2D eigenvalue weighted by Crippen LogP contribution is -2.25. The average Bonchev–Trinajstić information content (AvgIpc) is 2.76. The van der Waals surface area contributed by atoms with Crippen molar-refractivity contribution in [3.8, 4) is 0 Å². The number of carboxylic acid groups (broad SMARTS) is 1. The van der Waals surface area contributed by atoms with Gasteiger partial charge >= 0.3 is 5.97 Å². The number of nitrogens with zero attached hydrogens (tertiary/aromatic N) is 3. The largest absolute Gasteiger partial charge is 0.481 e. The van der Waals surface area contributed by atoms with Gasteiger partial charge in [-0.25, -0.2) is 9.97 Å². The molecule has 0 spiro atoms. The summed E-state index contributed by atoms with van der Waals surface area (Å²) < 4.78 is 9.33. The van der Waals surface area contributed by atoms with Crippen LogP contribution in [-0.4, -0.2) is 45.2 Å². The minimum atomic E-state index is -0.894. The Bertz CT molecular complexity index is 586. The molecule has 7 nitrogen and oxygen atoms in total. The Hall–Kier alpha value is -1.80. The van der Waals surface area contributed by atoms with E-state index in [-0.39, 0.29) is 6.42 Å². The summed E-state index contributed by atoms with van der Waals surface area (Å²) >= 11 is 1.31. The van der Waals surface area contributed by atoms with Crippen LogP contribution in [0, 0.1) is 6.92 Å². The van der Waals surface area contributed by atoms with Gasteiger partial charge in [0.05, 0.1) is 23.6 Å². The van der Waals surface area contributed by atoms with E-state index in [1.54, 1.807) is 0 Å². The number of carbonyl (C=O) groups is 1. The molecule has 0 aliphatic rings. The second-order valence-electron chi connectivity index (χ2n) is 4.01. The zero-order chi connectivity index (χ0) is 13.8. The SMILES string of the molecule is COC(CNc1ncnc2snc(C)c12)CC(=O)O. The first-order valence-electron chi connectivity index (χ1n) is 5.67. The van der Waals surface area contributed by atoms with Gasteiger partial charge in [-0.15, -0.1) is 0 Å². The Balaban J connectivity index is 2.13. The molecule has 2 aromatic rings. The van der Waals surface area contributed by atoms with E-state index in [4.69, 9.17) is 9.84 Å². The van der Waals surface area contributed by atoms with Crippen LogP contribution in [0.5, 0.6) is 0 Å². The van der Waals surface area contributed by atoms with Crippen LogP contribution in [0.15, 0.2) is 6.33 Å². The highest BCUT2D eigenvalue weighted by molar-refractivity contribution is 7.13. The van der Waals surface area contributed by atoms with E-state index in [0.29, 0.717) is 12.4 Å². The van der Waals surface area contributed by atoms with E-state index in [9.17, 15) is 4.79 Å². The second-order valence-corrected chi connectivity index (χ2v) is 4.76. The number of methoxy groups -OCH3 is 1. The fourth-order valence-electron chi connectivity index (χ4n) is 1.70. The molecule has 2 heterocycles. The van der Waals surface area contributed by atoms with Crippen molar-refractivity contribution in [1.29, 1.82) is 0 Å². The molecule has 0 amide bonds. The number of rotatable bonds is 6. The van der Waals surface area contributed by atoms with E-state index in [1.807, 2.05) is 6.92 Å². The number of hydrogen-bond donors (Lipinski definition) is 2. The molecule has 102 valence electrons. The first-order valence-corrected chi connectivity index (χ1v) is 6.44. The van der Waals surface area contributed by atoms with Gasteiger partial charge in [-0.3, -0.25) is 4.79 Å². The van der Waals surface area contributed by atoms with Crippen LogP contribution in [-0.2, 0) is 9.53 Å². The van der Waals surface area contributed by atoms with E-state index in [1.165, 1.54) is 25.0 Å². The summed E-state index contributed by atoms with van der Waals surface area (Å²) in [6, 6.07) is 0. The second kappa shape index (κ2) is 5.89. The van der Waals surface area contributed by atoms with E-state index in [0.717, 1.165) is 15.9 Å². The normalized spacial score (nSPS) is 12.5. The summed E-state index contributed by atoms with van der Waals surface area (Å²) in [6.45, 7) is 2.25. The molecule has 2 aromatic heterocycles. The first kappa shape index (κ1) is 13.6. The van der Waals surface area contributed by atoms with Gasteiger partial charge in [0.25, 0.3) is 0 Å². The van der Waals surface area contributed by atoms with Gasteiger partial charge in [-0.05, 0) is 18.5 Å². The Kier molecular flexibility index (Phi) is 4.23. The molecule has 0 bridgehead atoms. The minimum absolute atomic E-state index is 0.0569. The van der Waals surface area contributed by atoms with Crippen molar-refractivity contribution in [3.63, 3.8) is 0 Å². The monoisotopic (exact) mass is 282 g/mol. The minimum Gasteiger partial charge on any atom is -0.481 e. The highest BCUT2D eigenvalue weighted by Crippen LogP contribution is 2.25. The van der Waals surface area contributed by atoms with Crippen molar-refractivity contribution < 1.29 is 14.6 Å². The number of nitrogens with one attached hydrogen (secondary N) is 1. The van der Waals surface area contributed by atoms with Crippen molar-refractivity contribution in [1.82, 2.24) is 14.3 Å². The molecule has 0 fully saturated rings. The van der Waals surface area contributed by atoms with E-state index < -0.39 is 12.1 Å². The van der Waals surface area contributed by atoms with Crippen molar-refractivity contribution in [3.05, 3.63) is 12.0 Å². The summed E-state index contributed by atoms with van der Waals surface area (Å²) in [6.07, 6.45) is 0.995. The maximum atomic E-state index is 10.7. The third kappa shape index (κ3) is 3.15. The Morgan fingerprint density at radius 3 is 3.05 bits per heavy atom. The van der Waals surface area contributed by atoms with E-state index >= 15 is 0 Å². The Labute approximate surface area is 113 Å². The van der Waals surface area contributed by atoms with E-state index in [2.05, 4.69) is 19.7 Å². The van der Waals surface area contributed by atoms with Crippen LogP contribution in [0.4, 0.5) is 5.82 Å². The number of anilines is 1. The molecule has 19 heavy (non-hydrogen) atoms. The van der Waals surface area contributed by atoms with Gasteiger partial charge in [0.1, 0.15) is 17.0 Å². The maximum Gasteiger partial charge on any atom is 0.306 e. The Morgan fingerprint density at radius 2 is 2.37 bits per heavy atom. The summed E-state index contributed by atoms with van der Waals surface area (Å²) in [7, 11) is 1.49. The smallest absolute Gasteiger partial charge is 0.306 e. The number of hydrogen-bond acceptors (Lipinski definition) is 7. The van der Waals surface area contributed by atoms with Gasteiger partial charge in [-0.2, -0.15) is 4.37 Å². The molecule has 0 aliphatic carbocycles. The third-order valence-electron chi connectivity index (χ3n) is 2.68. The lowest BCUT2D eigenvalue weighted by atomic mass is 10.2. The van der Waals surface area contributed by atoms with Gasteiger partial charge in [0.15, 0.2) is 0 Å². The van der Waals surface area contributed by atoms with Crippen LogP contribution in [0.3, 0.4) is 0 Å². The van der Waals surface area contributed by atoms with Crippen LogP contribution in [0.25, 0.3) is 10.2 Å². The van der Waals surface area contributed by atoms with Crippen molar-refractivity contribution >= 4 is 33.5 Å². The van der Waals surface area contributed by atoms with Gasteiger partial charge < -0.3 is 15.2 Å². The number of ether oxygens (including phenoxy) is 1. The molecular weight excluding hydrogens is 268 g/mol. The number of carboxylic acids is 1. The standard InChI is InChI=1S/C11H14N4O3S/c1-6-9-10(13-5-14-11(9)19-15-6)12-4-7(18-2)3-8(16)17/h5,7H,3-4H2,1-2H3,(H,16,17)(H,12,13,14). The molecule has 8 heteroatoms. The predicted molar refractivity (Wildman–Crippen MR) is 71.5 cm³/mol. The maximum absolute atomic E-state index is 10.7. The lowest BCUT2D eigenvalue weighted by molar-refractivity contribution is -0.139. The Morgan fingerprint density at radius 1 is 1.58 bits per heavy atom. The van der Waals surface area contributed by atoms with Crippen LogP contribution < -0.4 is 5.32 Å². The first-order chi connectivity index (χ1) is 9.11. The predicted octanol–water partition coefficient (Wildman–Crippen LogP) is 1.30. The van der Waals surface area contributed by atoms with Crippen LogP contribution >= 0.6 is 11.5 Å².